The maximum atomic E-state index is 12.0. The van der Waals surface area contributed by atoms with Crippen molar-refractivity contribution in [1.29, 1.82) is 5.41 Å². The Bertz CT molecular complexity index is 1200. The van der Waals surface area contributed by atoms with Gasteiger partial charge in [-0.25, -0.2) is 13.4 Å². The summed E-state index contributed by atoms with van der Waals surface area (Å²) in [6.45, 7) is 10.7. The highest BCUT2D eigenvalue weighted by atomic mass is 79.9. The molecule has 0 amide bonds. The fraction of sp³-hybridized carbons (Fsp3) is 0.250. The highest BCUT2D eigenvalue weighted by Gasteiger charge is 2.21. The van der Waals surface area contributed by atoms with E-state index in [-0.39, 0.29) is 16.5 Å². The second kappa shape index (κ2) is 15.0. The number of benzene rings is 1. The van der Waals surface area contributed by atoms with Crippen LogP contribution < -0.4 is 5.73 Å². The molecule has 0 unspecified atom stereocenters. The normalized spacial score (nSPS) is 10.7. The van der Waals surface area contributed by atoms with Gasteiger partial charge in [0.2, 0.25) is 0 Å². The van der Waals surface area contributed by atoms with Crippen molar-refractivity contribution in [3.8, 4) is 0 Å². The van der Waals surface area contributed by atoms with Gasteiger partial charge in [0.15, 0.2) is 9.84 Å². The minimum Gasteiger partial charge on any atom is -0.383 e. The second-order valence-electron chi connectivity index (χ2n) is 6.56. The summed E-state index contributed by atoms with van der Waals surface area (Å²) in [5, 5.41) is 7.33. The first-order chi connectivity index (χ1) is 16.2. The van der Waals surface area contributed by atoms with E-state index in [1.807, 2.05) is 51.4 Å². The van der Waals surface area contributed by atoms with Crippen molar-refractivity contribution in [2.75, 3.05) is 12.0 Å². The number of thiophene rings is 1. The minimum absolute atomic E-state index is 0.0696. The summed E-state index contributed by atoms with van der Waals surface area (Å²) in [5.74, 6) is -0.178. The minimum atomic E-state index is -3.36. The number of aryl methyl sites for hydroxylation is 1. The second-order valence-corrected chi connectivity index (χ2v) is 11.2. The first kappa shape index (κ1) is 29.9. The lowest BCUT2D eigenvalue weighted by molar-refractivity contribution is 0.598. The van der Waals surface area contributed by atoms with Crippen molar-refractivity contribution in [2.24, 2.45) is 5.73 Å². The van der Waals surface area contributed by atoms with Crippen LogP contribution in [-0.4, -0.2) is 35.8 Å². The van der Waals surface area contributed by atoms with Crippen molar-refractivity contribution in [3.63, 3.8) is 0 Å². The van der Waals surface area contributed by atoms with Crippen molar-refractivity contribution in [1.82, 2.24) is 9.55 Å². The lowest BCUT2D eigenvalue weighted by Gasteiger charge is -2.05. The molecule has 6 nitrogen and oxygen atoms in total. The van der Waals surface area contributed by atoms with Gasteiger partial charge in [0.1, 0.15) is 5.84 Å². The number of aromatic nitrogens is 2. The highest BCUT2D eigenvalue weighted by Crippen LogP contribution is 2.34. The van der Waals surface area contributed by atoms with Crippen LogP contribution in [0.15, 0.2) is 69.5 Å². The third kappa shape index (κ3) is 8.57. The van der Waals surface area contributed by atoms with Gasteiger partial charge in [-0.2, -0.15) is 0 Å². The average molecular weight is 584 g/mol. The monoisotopic (exact) mass is 582 g/mol. The molecule has 0 bridgehead atoms. The fourth-order valence-electron chi connectivity index (χ4n) is 2.77. The molecule has 0 aliphatic heterocycles. The predicted octanol–water partition coefficient (Wildman–Crippen LogP) is 6.35. The molecule has 0 saturated carbocycles. The molecule has 2 heterocycles. The predicted molar refractivity (Wildman–Crippen MR) is 151 cm³/mol. The summed E-state index contributed by atoms with van der Waals surface area (Å²) in [7, 11) is -3.36. The van der Waals surface area contributed by atoms with Gasteiger partial charge in [0, 0.05) is 6.54 Å². The Balaban J connectivity index is 0.000000318. The van der Waals surface area contributed by atoms with E-state index >= 15 is 0 Å². The molecule has 0 aliphatic rings. The van der Waals surface area contributed by atoms with Gasteiger partial charge in [0.05, 0.1) is 37.4 Å². The molecular weight excluding hydrogens is 552 g/mol. The smallest absolute Gasteiger partial charge is 0.183 e. The number of nitrogens with two attached hydrogens (primary N) is 1. The molecule has 3 rings (SSSR count). The molecule has 1 aromatic carbocycles. The Labute approximate surface area is 219 Å². The Hall–Kier alpha value is -2.14. The van der Waals surface area contributed by atoms with Crippen LogP contribution in [0, 0.1) is 12.3 Å². The summed E-state index contributed by atoms with van der Waals surface area (Å²) < 4.78 is 26.8. The molecular formula is C24H31BrN4O2S3. The molecule has 0 aliphatic carbocycles. The Morgan fingerprint density at radius 2 is 1.97 bits per heavy atom. The van der Waals surface area contributed by atoms with E-state index in [4.69, 9.17) is 11.1 Å². The fourth-order valence-corrected chi connectivity index (χ4v) is 7.00. The molecule has 10 heteroatoms. The number of rotatable bonds is 8. The number of sulfone groups is 1. The first-order valence-corrected chi connectivity index (χ1v) is 15.0. The van der Waals surface area contributed by atoms with Crippen LogP contribution >= 0.6 is 39.0 Å². The summed E-state index contributed by atoms with van der Waals surface area (Å²) >= 11 is 5.61. The van der Waals surface area contributed by atoms with Gasteiger partial charge >= 0.3 is 0 Å². The first-order valence-electron chi connectivity index (χ1n) is 10.4. The molecule has 0 atom stereocenters. The molecule has 2 aromatic heterocycles. The molecule has 0 fully saturated rings. The van der Waals surface area contributed by atoms with Gasteiger partial charge in [-0.3, -0.25) is 5.41 Å². The van der Waals surface area contributed by atoms with Crippen molar-refractivity contribution >= 4 is 60.8 Å². The van der Waals surface area contributed by atoms with Crippen LogP contribution in [0.1, 0.15) is 35.7 Å². The standard InChI is InChI=1S/C13H14N2.C9H11BrN2O2S3.C2H6/c1-3-13-11(2)14-10-15(13)9-12-7-5-4-6-8-12;1-15-9-7(5-6(16-9)8(11)12)17(13,14)4-2-3-10;1-2/h3-8,10H,1,9H2,2H3;2-3,5H,4H2,1H3,(H3,11,12);1-2H3/b;3-2+;. The van der Waals surface area contributed by atoms with E-state index in [2.05, 4.69) is 44.2 Å². The Morgan fingerprint density at radius 1 is 1.32 bits per heavy atom. The number of imidazole rings is 1. The summed E-state index contributed by atoms with van der Waals surface area (Å²) in [6, 6.07) is 11.8. The number of nitrogens with zero attached hydrogens (tertiary/aromatic N) is 2. The van der Waals surface area contributed by atoms with E-state index < -0.39 is 9.84 Å². The molecule has 34 heavy (non-hydrogen) atoms. The maximum Gasteiger partial charge on any atom is 0.183 e. The summed E-state index contributed by atoms with van der Waals surface area (Å²) in [4.78, 5) is 6.53. The number of amidine groups is 1. The average Bonchev–Trinajstić information content (AvgIpc) is 3.44. The largest absolute Gasteiger partial charge is 0.383 e. The van der Waals surface area contributed by atoms with Crippen LogP contribution in [0.4, 0.5) is 0 Å². The van der Waals surface area contributed by atoms with Crippen molar-refractivity contribution in [3.05, 3.63) is 82.2 Å². The zero-order valence-corrected chi connectivity index (χ0v) is 23.8. The molecule has 0 spiro atoms. The van der Waals surface area contributed by atoms with Gasteiger partial charge in [-0.1, -0.05) is 72.8 Å². The van der Waals surface area contributed by atoms with E-state index in [0.29, 0.717) is 9.09 Å². The molecule has 184 valence electrons. The number of hydrogen-bond donors (Lipinski definition) is 2. The van der Waals surface area contributed by atoms with Crippen LogP contribution in [0.3, 0.4) is 0 Å². The SMILES string of the molecule is C=Cc1c(C)ncn1Cc1ccccc1.CC.CSc1sc(C(=N)N)cc1S(=O)(=O)C/C=C/Br. The third-order valence-electron chi connectivity index (χ3n) is 4.32. The Morgan fingerprint density at radius 3 is 2.50 bits per heavy atom. The molecule has 3 N–H and O–H groups in total. The molecule has 0 saturated heterocycles. The van der Waals surface area contributed by atoms with Gasteiger partial charge in [-0.05, 0) is 35.9 Å². The zero-order chi connectivity index (χ0) is 25.7. The lowest BCUT2D eigenvalue weighted by atomic mass is 10.2. The summed E-state index contributed by atoms with van der Waals surface area (Å²) in [6.07, 6.45) is 7.03. The number of nitrogens with one attached hydrogen (secondary N) is 1. The number of nitrogen functional groups attached to an aromatic ring is 1. The highest BCUT2D eigenvalue weighted by molar-refractivity contribution is 9.11. The van der Waals surface area contributed by atoms with Crippen LogP contribution in [0.2, 0.25) is 0 Å². The third-order valence-corrected chi connectivity index (χ3v) is 8.88. The lowest BCUT2D eigenvalue weighted by Crippen LogP contribution is -2.09. The van der Waals surface area contributed by atoms with Gasteiger partial charge < -0.3 is 10.3 Å². The maximum absolute atomic E-state index is 12.0. The van der Waals surface area contributed by atoms with Gasteiger partial charge in [0.25, 0.3) is 0 Å². The van der Waals surface area contributed by atoms with Crippen LogP contribution in [0.5, 0.6) is 0 Å². The Kier molecular flexibility index (Phi) is 13.2. The van der Waals surface area contributed by atoms with Crippen molar-refractivity contribution < 1.29 is 8.42 Å². The topological polar surface area (TPSA) is 102 Å². The quantitative estimate of drug-likeness (QED) is 0.183. The van der Waals surface area contributed by atoms with E-state index in [1.54, 1.807) is 6.26 Å². The summed E-state index contributed by atoms with van der Waals surface area (Å²) in [5.41, 5.74) is 8.76. The van der Waals surface area contributed by atoms with Gasteiger partial charge in [-0.15, -0.1) is 23.1 Å². The van der Waals surface area contributed by atoms with Crippen molar-refractivity contribution in [2.45, 2.75) is 36.4 Å². The number of halogens is 1. The molecule has 0 radical (unpaired) electrons. The number of thioether (sulfide) groups is 1. The molecule has 3 aromatic rings. The van der Waals surface area contributed by atoms with Crippen LogP contribution in [0.25, 0.3) is 6.08 Å². The van der Waals surface area contributed by atoms with E-state index in [0.717, 1.165) is 17.9 Å². The zero-order valence-electron chi connectivity index (χ0n) is 19.8. The van der Waals surface area contributed by atoms with Crippen LogP contribution in [-0.2, 0) is 16.4 Å². The van der Waals surface area contributed by atoms with E-state index in [9.17, 15) is 8.42 Å². The number of hydrogen-bond acceptors (Lipinski definition) is 6. The van der Waals surface area contributed by atoms with E-state index in [1.165, 1.54) is 45.8 Å².